The molecule has 0 bridgehead atoms. The van der Waals surface area contributed by atoms with Crippen molar-refractivity contribution in [2.45, 2.75) is 13.8 Å². The molecule has 6 nitrogen and oxygen atoms in total. The average Bonchev–Trinajstić information content (AvgIpc) is 2.42. The second-order valence-corrected chi connectivity index (χ2v) is 4.60. The molecule has 0 aliphatic carbocycles. The van der Waals surface area contributed by atoms with Gasteiger partial charge in [0.15, 0.2) is 0 Å². The Labute approximate surface area is 121 Å². The molecule has 7 heteroatoms. The number of hydrogen-bond donors (Lipinski definition) is 3. The fraction of sp³-hybridized carbons (Fsp3) is 0.154. The Morgan fingerprint density at radius 2 is 1.95 bits per heavy atom. The summed E-state index contributed by atoms with van der Waals surface area (Å²) in [5, 5.41) is 12.7. The van der Waals surface area contributed by atoms with Crippen molar-refractivity contribution < 1.29 is 0 Å². The van der Waals surface area contributed by atoms with Gasteiger partial charge >= 0.3 is 0 Å². The van der Waals surface area contributed by atoms with E-state index in [0.717, 1.165) is 5.56 Å². The Kier molecular flexibility index (Phi) is 4.03. The summed E-state index contributed by atoms with van der Waals surface area (Å²) in [4.78, 5) is 8.49. The maximum absolute atomic E-state index is 9.11. The first-order valence-corrected chi connectivity index (χ1v) is 6.21. The number of benzene rings is 1. The van der Waals surface area contributed by atoms with Crippen molar-refractivity contribution in [1.29, 1.82) is 5.26 Å². The molecule has 0 fully saturated rings. The molecule has 0 atom stereocenters. The number of nitrogens with zero attached hydrogens (tertiary/aromatic N) is 3. The van der Waals surface area contributed by atoms with Gasteiger partial charge in [-0.15, -0.1) is 0 Å². The van der Waals surface area contributed by atoms with Crippen LogP contribution in [0.15, 0.2) is 18.2 Å². The summed E-state index contributed by atoms with van der Waals surface area (Å²) in [7, 11) is 0. The van der Waals surface area contributed by atoms with E-state index in [4.69, 9.17) is 22.7 Å². The molecule has 4 N–H and O–H groups in total. The van der Waals surface area contributed by atoms with E-state index in [-0.39, 0.29) is 0 Å². The highest BCUT2D eigenvalue weighted by molar-refractivity contribution is 6.30. The fourth-order valence-corrected chi connectivity index (χ4v) is 1.91. The van der Waals surface area contributed by atoms with Crippen molar-refractivity contribution >= 4 is 28.9 Å². The number of hydrogen-bond acceptors (Lipinski definition) is 6. The maximum Gasteiger partial charge on any atom is 0.148 e. The third-order valence-corrected chi connectivity index (χ3v) is 2.98. The first kappa shape index (κ1) is 14.1. The zero-order chi connectivity index (χ0) is 14.7. The molecule has 1 aromatic heterocycles. The number of nitrogen functional groups attached to an aromatic ring is 1. The van der Waals surface area contributed by atoms with E-state index in [1.54, 1.807) is 25.1 Å². The largest absolute Gasteiger partial charge is 0.339 e. The van der Waals surface area contributed by atoms with E-state index >= 15 is 0 Å². The molecule has 2 rings (SSSR count). The topological polar surface area (TPSA) is 99.6 Å². The molecule has 1 heterocycles. The van der Waals surface area contributed by atoms with Gasteiger partial charge in [-0.25, -0.2) is 15.8 Å². The Hall–Kier alpha value is -2.36. The van der Waals surface area contributed by atoms with Crippen molar-refractivity contribution in [3.8, 4) is 6.07 Å². The number of aryl methyl sites for hydroxylation is 1. The predicted molar refractivity (Wildman–Crippen MR) is 78.8 cm³/mol. The molecule has 0 aliphatic heterocycles. The van der Waals surface area contributed by atoms with Crippen LogP contribution >= 0.6 is 11.6 Å². The van der Waals surface area contributed by atoms with Crippen molar-refractivity contribution in [2.24, 2.45) is 5.84 Å². The molecule has 20 heavy (non-hydrogen) atoms. The molecular weight excluding hydrogens is 276 g/mol. The monoisotopic (exact) mass is 288 g/mol. The molecule has 0 unspecified atom stereocenters. The normalized spacial score (nSPS) is 9.95. The molecule has 0 amide bonds. The second kappa shape index (κ2) is 5.74. The van der Waals surface area contributed by atoms with E-state index in [0.29, 0.717) is 33.7 Å². The van der Waals surface area contributed by atoms with E-state index in [2.05, 4.69) is 26.8 Å². The molecule has 0 radical (unpaired) electrons. The number of aromatic nitrogens is 2. The summed E-state index contributed by atoms with van der Waals surface area (Å²) in [5.41, 5.74) is 4.34. The lowest BCUT2D eigenvalue weighted by Crippen LogP contribution is -2.13. The lowest BCUT2D eigenvalue weighted by molar-refractivity contribution is 1.03. The molecule has 2 aromatic rings. The predicted octanol–water partition coefficient (Wildman–Crippen LogP) is 2.65. The highest BCUT2D eigenvalue weighted by atomic mass is 35.5. The van der Waals surface area contributed by atoms with Crippen LogP contribution in [0, 0.1) is 25.2 Å². The molecule has 1 aromatic carbocycles. The second-order valence-electron chi connectivity index (χ2n) is 4.16. The number of nitrogens with two attached hydrogens (primary N) is 1. The number of anilines is 3. The quantitative estimate of drug-likeness (QED) is 0.593. The lowest BCUT2D eigenvalue weighted by Gasteiger charge is -2.13. The van der Waals surface area contributed by atoms with Crippen molar-refractivity contribution in [1.82, 2.24) is 9.97 Å². The van der Waals surface area contributed by atoms with Crippen LogP contribution in [0.3, 0.4) is 0 Å². The number of nitriles is 1. The van der Waals surface area contributed by atoms with Gasteiger partial charge in [0.25, 0.3) is 0 Å². The van der Waals surface area contributed by atoms with E-state index in [9.17, 15) is 0 Å². The van der Waals surface area contributed by atoms with Crippen LogP contribution in [0.25, 0.3) is 0 Å². The maximum atomic E-state index is 9.11. The van der Waals surface area contributed by atoms with E-state index < -0.39 is 0 Å². The van der Waals surface area contributed by atoms with Crippen LogP contribution in [0.1, 0.15) is 17.0 Å². The van der Waals surface area contributed by atoms with Crippen LogP contribution in [0.4, 0.5) is 17.3 Å². The molecule has 0 aliphatic rings. The highest BCUT2D eigenvalue weighted by Gasteiger charge is 2.11. The van der Waals surface area contributed by atoms with Gasteiger partial charge in [-0.05, 0) is 32.0 Å². The zero-order valence-corrected chi connectivity index (χ0v) is 11.8. The van der Waals surface area contributed by atoms with Gasteiger partial charge in [-0.2, -0.15) is 5.26 Å². The van der Waals surface area contributed by atoms with Gasteiger partial charge in [0.2, 0.25) is 0 Å². The van der Waals surface area contributed by atoms with Gasteiger partial charge in [0.1, 0.15) is 23.5 Å². The molecule has 0 saturated carbocycles. The van der Waals surface area contributed by atoms with Gasteiger partial charge in [0, 0.05) is 10.6 Å². The number of rotatable bonds is 3. The zero-order valence-electron chi connectivity index (χ0n) is 11.0. The van der Waals surface area contributed by atoms with Crippen LogP contribution in [0.2, 0.25) is 5.02 Å². The van der Waals surface area contributed by atoms with Gasteiger partial charge in [0.05, 0.1) is 11.3 Å². The Balaban J connectivity index is 2.48. The standard InChI is InChI=1S/C13H13ClN6/c1-7-12(17-8(2)18-13(7)20-16)19-11-5-10(14)4-3-9(11)6-15/h3-5H,16H2,1-2H3,(H2,17,18,19,20). The molecule has 0 spiro atoms. The van der Waals surface area contributed by atoms with E-state index in [1.165, 1.54) is 0 Å². The summed E-state index contributed by atoms with van der Waals surface area (Å²) in [6, 6.07) is 7.09. The Morgan fingerprint density at radius 3 is 2.60 bits per heavy atom. The summed E-state index contributed by atoms with van der Waals surface area (Å²) in [6.07, 6.45) is 0. The minimum atomic E-state index is 0.479. The van der Waals surface area contributed by atoms with Gasteiger partial charge < -0.3 is 10.7 Å². The van der Waals surface area contributed by atoms with Crippen molar-refractivity contribution in [2.75, 3.05) is 10.7 Å². The van der Waals surface area contributed by atoms with E-state index in [1.807, 2.05) is 6.92 Å². The van der Waals surface area contributed by atoms with Crippen molar-refractivity contribution in [3.63, 3.8) is 0 Å². The van der Waals surface area contributed by atoms with Crippen LogP contribution in [-0.4, -0.2) is 9.97 Å². The smallest absolute Gasteiger partial charge is 0.148 e. The highest BCUT2D eigenvalue weighted by Crippen LogP contribution is 2.27. The Morgan fingerprint density at radius 1 is 1.25 bits per heavy atom. The minimum Gasteiger partial charge on any atom is -0.339 e. The third kappa shape index (κ3) is 2.79. The number of nitrogens with one attached hydrogen (secondary N) is 2. The van der Waals surface area contributed by atoms with Gasteiger partial charge in [-0.1, -0.05) is 11.6 Å². The van der Waals surface area contributed by atoms with Crippen LogP contribution in [0.5, 0.6) is 0 Å². The Bertz CT molecular complexity index is 692. The van der Waals surface area contributed by atoms with Crippen molar-refractivity contribution in [3.05, 3.63) is 40.2 Å². The summed E-state index contributed by atoms with van der Waals surface area (Å²) >= 11 is 5.96. The molecule has 102 valence electrons. The number of halogens is 1. The first-order valence-electron chi connectivity index (χ1n) is 5.83. The summed E-state index contributed by atoms with van der Waals surface area (Å²) in [5.74, 6) is 7.08. The number of hydrazine groups is 1. The lowest BCUT2D eigenvalue weighted by atomic mass is 10.2. The fourth-order valence-electron chi connectivity index (χ4n) is 1.74. The first-order chi connectivity index (χ1) is 9.55. The average molecular weight is 289 g/mol. The van der Waals surface area contributed by atoms with Crippen LogP contribution in [-0.2, 0) is 0 Å². The van der Waals surface area contributed by atoms with Gasteiger partial charge in [-0.3, -0.25) is 0 Å². The van der Waals surface area contributed by atoms with Crippen LogP contribution < -0.4 is 16.6 Å². The molecular formula is C13H13ClN6. The third-order valence-electron chi connectivity index (χ3n) is 2.75. The SMILES string of the molecule is Cc1nc(NN)c(C)c(Nc2cc(Cl)ccc2C#N)n1. The summed E-state index contributed by atoms with van der Waals surface area (Å²) < 4.78 is 0. The minimum absolute atomic E-state index is 0.479. The molecule has 0 saturated heterocycles. The summed E-state index contributed by atoms with van der Waals surface area (Å²) in [6.45, 7) is 3.59.